The number of ether oxygens (including phenoxy) is 1. The first-order chi connectivity index (χ1) is 7.41. The zero-order chi connectivity index (χ0) is 11.9. The number of hydrogen-bond donors (Lipinski definition) is 0. The molecule has 16 heavy (non-hydrogen) atoms. The Kier molecular flexibility index (Phi) is 2.53. The molecule has 0 aliphatic heterocycles. The van der Waals surface area contributed by atoms with Crippen molar-refractivity contribution in [2.75, 3.05) is 7.11 Å². The van der Waals surface area contributed by atoms with Crippen LogP contribution in [0, 0.1) is 6.92 Å². The van der Waals surface area contributed by atoms with Gasteiger partial charge in [-0.05, 0) is 13.0 Å². The second-order valence-electron chi connectivity index (χ2n) is 3.25. The minimum atomic E-state index is -4.42. The normalized spacial score (nSPS) is 12.1. The maximum atomic E-state index is 12.7. The van der Waals surface area contributed by atoms with Gasteiger partial charge >= 0.3 is 6.18 Å². The van der Waals surface area contributed by atoms with Crippen molar-refractivity contribution in [3.8, 4) is 5.75 Å². The van der Waals surface area contributed by atoms with Gasteiger partial charge in [0, 0.05) is 6.07 Å². The molecule has 0 saturated carbocycles. The molecule has 0 aliphatic rings. The quantitative estimate of drug-likeness (QED) is 0.767. The Morgan fingerprint density at radius 2 is 2.00 bits per heavy atom. The van der Waals surface area contributed by atoms with Gasteiger partial charge in [-0.2, -0.15) is 13.2 Å². The second kappa shape index (κ2) is 3.62. The van der Waals surface area contributed by atoms with Crippen LogP contribution in [-0.4, -0.2) is 12.1 Å². The highest BCUT2D eigenvalue weighted by Gasteiger charge is 2.35. The van der Waals surface area contributed by atoms with Gasteiger partial charge in [0.1, 0.15) is 5.75 Å². The van der Waals surface area contributed by atoms with Gasteiger partial charge in [0.25, 0.3) is 0 Å². The number of benzene rings is 1. The lowest BCUT2D eigenvalue weighted by molar-refractivity contribution is -0.138. The van der Waals surface area contributed by atoms with Crippen LogP contribution in [0.2, 0.25) is 0 Å². The Bertz CT molecular complexity index is 533. The lowest BCUT2D eigenvalue weighted by atomic mass is 10.2. The highest BCUT2D eigenvalue weighted by atomic mass is 32.1. The predicted molar refractivity (Wildman–Crippen MR) is 55.9 cm³/mol. The molecule has 0 amide bonds. The van der Waals surface area contributed by atoms with Gasteiger partial charge in [0.05, 0.1) is 27.9 Å². The van der Waals surface area contributed by atoms with Gasteiger partial charge < -0.3 is 4.74 Å². The zero-order valence-corrected chi connectivity index (χ0v) is 9.37. The highest BCUT2D eigenvalue weighted by molar-refractivity contribution is 7.18. The minimum absolute atomic E-state index is 0.163. The monoisotopic (exact) mass is 247 g/mol. The molecule has 2 nitrogen and oxygen atoms in total. The van der Waals surface area contributed by atoms with Gasteiger partial charge in [0.2, 0.25) is 0 Å². The summed E-state index contributed by atoms with van der Waals surface area (Å²) in [7, 11) is 1.23. The molecule has 0 fully saturated rings. The van der Waals surface area contributed by atoms with Gasteiger partial charge in [-0.25, -0.2) is 4.98 Å². The van der Waals surface area contributed by atoms with Crippen molar-refractivity contribution in [1.82, 2.24) is 4.98 Å². The molecular formula is C10H8F3NOS. The van der Waals surface area contributed by atoms with E-state index in [0.29, 0.717) is 10.2 Å². The third-order valence-corrected chi connectivity index (χ3v) is 3.06. The summed E-state index contributed by atoms with van der Waals surface area (Å²) in [6.07, 6.45) is -4.42. The van der Waals surface area contributed by atoms with Crippen LogP contribution >= 0.6 is 11.3 Å². The van der Waals surface area contributed by atoms with E-state index in [4.69, 9.17) is 4.74 Å². The van der Waals surface area contributed by atoms with Crippen LogP contribution in [0.3, 0.4) is 0 Å². The average molecular weight is 247 g/mol. The van der Waals surface area contributed by atoms with Crippen LogP contribution in [0.5, 0.6) is 5.75 Å². The van der Waals surface area contributed by atoms with E-state index >= 15 is 0 Å². The Balaban J connectivity index is 2.72. The van der Waals surface area contributed by atoms with Gasteiger partial charge in [-0.3, -0.25) is 0 Å². The number of thiazole rings is 1. The van der Waals surface area contributed by atoms with Gasteiger partial charge in [-0.15, -0.1) is 11.3 Å². The fourth-order valence-electron chi connectivity index (χ4n) is 1.46. The Morgan fingerprint density at radius 3 is 2.56 bits per heavy atom. The number of fused-ring (bicyclic) bond motifs is 1. The zero-order valence-electron chi connectivity index (χ0n) is 8.55. The number of alkyl halides is 3. The number of aryl methyl sites for hydroxylation is 1. The molecule has 0 radical (unpaired) electrons. The van der Waals surface area contributed by atoms with E-state index in [1.807, 2.05) is 0 Å². The van der Waals surface area contributed by atoms with E-state index in [-0.39, 0.29) is 5.75 Å². The van der Waals surface area contributed by atoms with E-state index in [1.54, 1.807) is 6.92 Å². The van der Waals surface area contributed by atoms with E-state index in [2.05, 4.69) is 4.98 Å². The summed E-state index contributed by atoms with van der Waals surface area (Å²) in [6.45, 7) is 1.75. The summed E-state index contributed by atoms with van der Waals surface area (Å²) in [6, 6.07) is 2.40. The minimum Gasteiger partial charge on any atom is -0.496 e. The molecular weight excluding hydrogens is 239 g/mol. The maximum Gasteiger partial charge on any atom is 0.420 e. The Labute approximate surface area is 93.7 Å². The van der Waals surface area contributed by atoms with E-state index in [9.17, 15) is 13.2 Å². The van der Waals surface area contributed by atoms with Crippen molar-refractivity contribution in [3.05, 3.63) is 22.7 Å². The topological polar surface area (TPSA) is 22.1 Å². The molecule has 0 saturated heterocycles. The summed E-state index contributed by atoms with van der Waals surface area (Å²) >= 11 is 1.34. The number of rotatable bonds is 1. The third kappa shape index (κ3) is 1.84. The molecule has 2 rings (SSSR count). The first kappa shape index (κ1) is 11.2. The highest BCUT2D eigenvalue weighted by Crippen LogP contribution is 2.39. The molecule has 1 heterocycles. The van der Waals surface area contributed by atoms with Crippen molar-refractivity contribution >= 4 is 21.6 Å². The lowest BCUT2D eigenvalue weighted by Gasteiger charge is -2.11. The summed E-state index contributed by atoms with van der Waals surface area (Å²) in [4.78, 5) is 4.03. The summed E-state index contributed by atoms with van der Waals surface area (Å²) in [5.74, 6) is -0.163. The molecule has 86 valence electrons. The third-order valence-electron chi connectivity index (χ3n) is 2.12. The molecule has 0 unspecified atom stereocenters. The smallest absolute Gasteiger partial charge is 0.420 e. The standard InChI is InChI=1S/C10H8F3NOS/c1-5-14-7-3-6(10(11,12)13)8(15-2)4-9(7)16-5/h3-4H,1-2H3. The van der Waals surface area contributed by atoms with Crippen LogP contribution in [0.25, 0.3) is 10.2 Å². The molecule has 0 aliphatic carbocycles. The second-order valence-corrected chi connectivity index (χ2v) is 4.49. The Morgan fingerprint density at radius 1 is 1.31 bits per heavy atom. The van der Waals surface area contributed by atoms with Crippen LogP contribution in [0.4, 0.5) is 13.2 Å². The number of nitrogens with zero attached hydrogens (tertiary/aromatic N) is 1. The summed E-state index contributed by atoms with van der Waals surface area (Å²) in [5, 5.41) is 0.733. The summed E-state index contributed by atoms with van der Waals surface area (Å²) in [5.41, 5.74) is -0.427. The van der Waals surface area contributed by atoms with Crippen molar-refractivity contribution in [2.24, 2.45) is 0 Å². The number of hydrogen-bond acceptors (Lipinski definition) is 3. The maximum absolute atomic E-state index is 12.7. The van der Waals surface area contributed by atoms with Crippen LogP contribution in [-0.2, 0) is 6.18 Å². The SMILES string of the molecule is COc1cc2sc(C)nc2cc1C(F)(F)F. The molecule has 1 aromatic carbocycles. The number of aromatic nitrogens is 1. The number of methoxy groups -OCH3 is 1. The predicted octanol–water partition coefficient (Wildman–Crippen LogP) is 3.63. The fraction of sp³-hybridized carbons (Fsp3) is 0.300. The van der Waals surface area contributed by atoms with Crippen molar-refractivity contribution in [3.63, 3.8) is 0 Å². The van der Waals surface area contributed by atoms with Crippen LogP contribution in [0.1, 0.15) is 10.6 Å². The van der Waals surface area contributed by atoms with Gasteiger partial charge in [0.15, 0.2) is 0 Å². The van der Waals surface area contributed by atoms with Crippen molar-refractivity contribution in [2.45, 2.75) is 13.1 Å². The number of halogens is 3. The van der Waals surface area contributed by atoms with Crippen molar-refractivity contribution in [1.29, 1.82) is 0 Å². The van der Waals surface area contributed by atoms with E-state index < -0.39 is 11.7 Å². The van der Waals surface area contributed by atoms with E-state index in [0.717, 1.165) is 11.1 Å². The molecule has 1 aromatic heterocycles. The van der Waals surface area contributed by atoms with Crippen LogP contribution < -0.4 is 4.74 Å². The average Bonchev–Trinajstić information content (AvgIpc) is 2.53. The fourth-order valence-corrected chi connectivity index (χ4v) is 2.30. The molecule has 0 N–H and O–H groups in total. The Hall–Kier alpha value is -1.30. The molecule has 0 spiro atoms. The van der Waals surface area contributed by atoms with Crippen molar-refractivity contribution < 1.29 is 17.9 Å². The van der Waals surface area contributed by atoms with E-state index in [1.165, 1.54) is 24.5 Å². The molecule has 2 aromatic rings. The summed E-state index contributed by atoms with van der Waals surface area (Å²) < 4.78 is 43.4. The van der Waals surface area contributed by atoms with Crippen LogP contribution in [0.15, 0.2) is 12.1 Å². The first-order valence-electron chi connectivity index (χ1n) is 4.44. The lowest BCUT2D eigenvalue weighted by Crippen LogP contribution is -2.07. The molecule has 6 heteroatoms. The largest absolute Gasteiger partial charge is 0.496 e. The molecule has 0 bridgehead atoms. The van der Waals surface area contributed by atoms with Gasteiger partial charge in [-0.1, -0.05) is 0 Å². The first-order valence-corrected chi connectivity index (χ1v) is 5.26. The molecule has 0 atom stereocenters.